The molecule has 0 spiro atoms. The molecule has 4 aliphatic carbocycles. The van der Waals surface area contributed by atoms with Gasteiger partial charge in [-0.1, -0.05) is 6.07 Å². The SMILES string of the molecule is Cc1ccc(NC(=O)COC(=O)CC23C[C@@H]4C[C@@H](CC(O)(C4)C2)C3)cc1F. The summed E-state index contributed by atoms with van der Waals surface area (Å²) in [6, 6.07) is 4.42. The van der Waals surface area contributed by atoms with E-state index < -0.39 is 23.3 Å². The summed E-state index contributed by atoms with van der Waals surface area (Å²) < 4.78 is 18.7. The van der Waals surface area contributed by atoms with Gasteiger partial charge in [0.15, 0.2) is 6.61 Å². The van der Waals surface area contributed by atoms with Gasteiger partial charge in [-0.05, 0) is 80.4 Å². The Bertz CT molecular complexity index is 763. The summed E-state index contributed by atoms with van der Waals surface area (Å²) in [5.41, 5.74) is 0.0445. The number of benzene rings is 1. The van der Waals surface area contributed by atoms with Crippen molar-refractivity contribution in [2.24, 2.45) is 17.3 Å². The minimum Gasteiger partial charge on any atom is -0.456 e. The number of esters is 1. The number of hydrogen-bond acceptors (Lipinski definition) is 4. The lowest BCUT2D eigenvalue weighted by Crippen LogP contribution is -2.56. The second-order valence-corrected chi connectivity index (χ2v) is 9.03. The maximum atomic E-state index is 13.5. The Hall–Kier alpha value is -1.95. The third-order valence-electron chi connectivity index (χ3n) is 6.49. The van der Waals surface area contributed by atoms with Crippen molar-refractivity contribution < 1.29 is 23.8 Å². The van der Waals surface area contributed by atoms with Crippen LogP contribution in [0, 0.1) is 30.0 Å². The minimum atomic E-state index is -0.614. The van der Waals surface area contributed by atoms with E-state index in [9.17, 15) is 19.1 Å². The first kappa shape index (κ1) is 18.4. The van der Waals surface area contributed by atoms with Crippen LogP contribution in [0.3, 0.4) is 0 Å². The largest absolute Gasteiger partial charge is 0.456 e. The number of hydrogen-bond donors (Lipinski definition) is 2. The van der Waals surface area contributed by atoms with Crippen LogP contribution in [0.4, 0.5) is 10.1 Å². The van der Waals surface area contributed by atoms with Crippen LogP contribution in [0.5, 0.6) is 0 Å². The molecule has 1 aromatic carbocycles. The number of amides is 1. The average Bonchev–Trinajstić information content (AvgIpc) is 2.53. The fourth-order valence-electron chi connectivity index (χ4n) is 5.98. The van der Waals surface area contributed by atoms with Crippen LogP contribution >= 0.6 is 0 Å². The summed E-state index contributed by atoms with van der Waals surface area (Å²) in [5.74, 6) is -0.279. The molecular formula is C21H26FNO4. The molecule has 0 radical (unpaired) electrons. The van der Waals surface area contributed by atoms with E-state index in [1.165, 1.54) is 6.07 Å². The predicted molar refractivity (Wildman–Crippen MR) is 97.4 cm³/mol. The van der Waals surface area contributed by atoms with Crippen LogP contribution < -0.4 is 5.32 Å². The number of rotatable bonds is 5. The van der Waals surface area contributed by atoms with Crippen molar-refractivity contribution in [2.75, 3.05) is 11.9 Å². The first-order chi connectivity index (χ1) is 12.7. The zero-order valence-corrected chi connectivity index (χ0v) is 15.6. The molecule has 0 aliphatic heterocycles. The van der Waals surface area contributed by atoms with Crippen molar-refractivity contribution in [1.29, 1.82) is 0 Å². The Morgan fingerprint density at radius 3 is 2.59 bits per heavy atom. The second-order valence-electron chi connectivity index (χ2n) is 9.03. The number of anilines is 1. The van der Waals surface area contributed by atoms with Gasteiger partial charge in [-0.25, -0.2) is 4.39 Å². The third kappa shape index (κ3) is 3.86. The Labute approximate surface area is 158 Å². The van der Waals surface area contributed by atoms with Crippen molar-refractivity contribution in [3.8, 4) is 0 Å². The lowest BCUT2D eigenvalue weighted by atomic mass is 9.47. The maximum Gasteiger partial charge on any atom is 0.306 e. The smallest absolute Gasteiger partial charge is 0.306 e. The van der Waals surface area contributed by atoms with Gasteiger partial charge in [0.1, 0.15) is 5.82 Å². The van der Waals surface area contributed by atoms with Crippen molar-refractivity contribution >= 4 is 17.6 Å². The minimum absolute atomic E-state index is 0.174. The summed E-state index contributed by atoms with van der Waals surface area (Å²) in [7, 11) is 0. The van der Waals surface area contributed by atoms with Crippen LogP contribution in [0.25, 0.3) is 0 Å². The monoisotopic (exact) mass is 375 g/mol. The van der Waals surface area contributed by atoms with E-state index in [-0.39, 0.29) is 18.4 Å². The van der Waals surface area contributed by atoms with Crippen molar-refractivity contribution in [3.05, 3.63) is 29.6 Å². The van der Waals surface area contributed by atoms with Crippen LogP contribution in [-0.4, -0.2) is 29.2 Å². The highest BCUT2D eigenvalue weighted by Crippen LogP contribution is 2.62. The van der Waals surface area contributed by atoms with Gasteiger partial charge < -0.3 is 15.2 Å². The summed E-state index contributed by atoms with van der Waals surface area (Å²) in [5, 5.41) is 13.3. The highest BCUT2D eigenvalue weighted by atomic mass is 19.1. The molecule has 6 heteroatoms. The highest BCUT2D eigenvalue weighted by molar-refractivity contribution is 5.92. The van der Waals surface area contributed by atoms with Gasteiger partial charge in [0.2, 0.25) is 0 Å². The molecule has 4 saturated carbocycles. The molecule has 146 valence electrons. The Balaban J connectivity index is 1.30. The number of carbonyl (C=O) groups excluding carboxylic acids is 2. The number of nitrogens with one attached hydrogen (secondary N) is 1. The summed E-state index contributed by atoms with van der Waals surface area (Å²) >= 11 is 0. The molecule has 0 aromatic heterocycles. The zero-order chi connectivity index (χ0) is 19.2. The molecule has 0 heterocycles. The Kier molecular flexibility index (Phi) is 4.49. The summed E-state index contributed by atoms with van der Waals surface area (Å²) in [6.45, 7) is 1.26. The van der Waals surface area contributed by atoms with E-state index in [2.05, 4.69) is 5.32 Å². The quantitative estimate of drug-likeness (QED) is 0.774. The van der Waals surface area contributed by atoms with Gasteiger partial charge >= 0.3 is 5.97 Å². The third-order valence-corrected chi connectivity index (χ3v) is 6.49. The lowest BCUT2D eigenvalue weighted by Gasteiger charge is -2.60. The number of ether oxygens (including phenoxy) is 1. The fourth-order valence-corrected chi connectivity index (χ4v) is 5.98. The van der Waals surface area contributed by atoms with Gasteiger partial charge in [-0.15, -0.1) is 0 Å². The van der Waals surface area contributed by atoms with Crippen LogP contribution in [-0.2, 0) is 14.3 Å². The topological polar surface area (TPSA) is 75.6 Å². The van der Waals surface area contributed by atoms with Crippen LogP contribution in [0.2, 0.25) is 0 Å². The molecule has 4 bridgehead atoms. The van der Waals surface area contributed by atoms with E-state index in [0.717, 1.165) is 32.1 Å². The van der Waals surface area contributed by atoms with E-state index in [1.54, 1.807) is 19.1 Å². The molecule has 0 saturated heterocycles. The standard InChI is InChI=1S/C21H26FNO4/c1-13-2-3-16(5-17(13)22)23-18(24)11-27-19(25)10-20-6-14-4-15(7-20)9-21(26,8-14)12-20/h2-3,5,14-15,26H,4,6-12H2,1H3,(H,23,24)/t14-,15+,20?,21?. The van der Waals surface area contributed by atoms with Crippen LogP contribution in [0.15, 0.2) is 18.2 Å². The van der Waals surface area contributed by atoms with Crippen molar-refractivity contribution in [3.63, 3.8) is 0 Å². The van der Waals surface area contributed by atoms with Crippen molar-refractivity contribution in [2.45, 2.75) is 57.5 Å². The van der Waals surface area contributed by atoms with Gasteiger partial charge in [0, 0.05) is 5.69 Å². The van der Waals surface area contributed by atoms with Gasteiger partial charge in [-0.3, -0.25) is 9.59 Å². The zero-order valence-electron chi connectivity index (χ0n) is 15.6. The Morgan fingerprint density at radius 2 is 1.96 bits per heavy atom. The molecule has 27 heavy (non-hydrogen) atoms. The number of aryl methyl sites for hydroxylation is 1. The maximum absolute atomic E-state index is 13.5. The number of carbonyl (C=O) groups is 2. The first-order valence-electron chi connectivity index (χ1n) is 9.68. The van der Waals surface area contributed by atoms with Gasteiger partial charge in [0.25, 0.3) is 5.91 Å². The summed E-state index contributed by atoms with van der Waals surface area (Å²) in [6.07, 6.45) is 5.73. The van der Waals surface area contributed by atoms with Gasteiger partial charge in [-0.2, -0.15) is 0 Å². The number of aliphatic hydroxyl groups is 1. The molecule has 1 amide bonds. The van der Waals surface area contributed by atoms with Crippen LogP contribution in [0.1, 0.15) is 50.5 Å². The molecule has 5 rings (SSSR count). The molecule has 4 atom stereocenters. The lowest BCUT2D eigenvalue weighted by molar-refractivity contribution is -0.177. The highest BCUT2D eigenvalue weighted by Gasteiger charge is 2.57. The predicted octanol–water partition coefficient (Wildman–Crippen LogP) is 3.34. The average molecular weight is 375 g/mol. The van der Waals surface area contributed by atoms with E-state index >= 15 is 0 Å². The molecule has 2 unspecified atom stereocenters. The van der Waals surface area contributed by atoms with Gasteiger partial charge in [0.05, 0.1) is 12.0 Å². The normalized spacial score (nSPS) is 33.7. The molecule has 1 aromatic rings. The molecule has 5 nitrogen and oxygen atoms in total. The number of halogens is 1. The molecule has 2 N–H and O–H groups in total. The molecule has 4 fully saturated rings. The van der Waals surface area contributed by atoms with E-state index in [4.69, 9.17) is 4.74 Å². The first-order valence-corrected chi connectivity index (χ1v) is 9.68. The van der Waals surface area contributed by atoms with E-state index in [0.29, 0.717) is 29.5 Å². The van der Waals surface area contributed by atoms with Crippen molar-refractivity contribution in [1.82, 2.24) is 0 Å². The molecular weight excluding hydrogens is 349 g/mol. The van der Waals surface area contributed by atoms with E-state index in [1.807, 2.05) is 0 Å². The Morgan fingerprint density at radius 1 is 1.26 bits per heavy atom. The fraction of sp³-hybridized carbons (Fsp3) is 0.619. The summed E-state index contributed by atoms with van der Waals surface area (Å²) in [4.78, 5) is 24.3. The molecule has 4 aliphatic rings. The second kappa shape index (κ2) is 6.59.